The lowest BCUT2D eigenvalue weighted by Crippen LogP contribution is -2.39. The second-order valence-corrected chi connectivity index (χ2v) is 6.34. The average Bonchev–Trinajstić information content (AvgIpc) is 3.02. The molecule has 1 aromatic heterocycles. The van der Waals surface area contributed by atoms with Crippen molar-refractivity contribution < 1.29 is 4.79 Å². The summed E-state index contributed by atoms with van der Waals surface area (Å²) in [7, 11) is 1.82. The lowest BCUT2D eigenvalue weighted by atomic mass is 10.2. The molecule has 2 rings (SSSR count). The molecule has 6 heteroatoms. The van der Waals surface area contributed by atoms with Gasteiger partial charge in [-0.2, -0.15) is 5.10 Å². The van der Waals surface area contributed by atoms with E-state index in [1.54, 1.807) is 22.9 Å². The lowest BCUT2D eigenvalue weighted by molar-refractivity contribution is 0.211. The van der Waals surface area contributed by atoms with E-state index in [-0.39, 0.29) is 6.03 Å². The smallest absolute Gasteiger partial charge is 0.317 e. The van der Waals surface area contributed by atoms with Gasteiger partial charge in [-0.15, -0.1) is 11.8 Å². The van der Waals surface area contributed by atoms with Crippen molar-refractivity contribution in [3.05, 3.63) is 47.8 Å². The highest BCUT2D eigenvalue weighted by Crippen LogP contribution is 2.17. The topological polar surface area (TPSA) is 61.0 Å². The number of carbonyl (C=O) groups excluding carboxylic acids is 1. The first-order valence-electron chi connectivity index (χ1n) is 7.31. The molecule has 0 saturated heterocycles. The number of benzene rings is 1. The van der Waals surface area contributed by atoms with Gasteiger partial charge in [0, 0.05) is 37.0 Å². The monoisotopic (exact) mass is 318 g/mol. The number of H-pyrrole nitrogens is 1. The fourth-order valence-corrected chi connectivity index (χ4v) is 2.83. The Bertz CT molecular complexity index is 568. The molecule has 0 saturated carbocycles. The van der Waals surface area contributed by atoms with Gasteiger partial charge < -0.3 is 10.2 Å². The molecule has 2 amide bonds. The first-order chi connectivity index (χ1) is 10.6. The molecule has 2 aromatic rings. The number of amides is 2. The Labute approximate surface area is 135 Å². The van der Waals surface area contributed by atoms with E-state index in [0.29, 0.717) is 6.54 Å². The molecule has 5 nitrogen and oxygen atoms in total. The molecule has 2 N–H and O–H groups in total. The zero-order chi connectivity index (χ0) is 15.8. The third-order valence-electron chi connectivity index (χ3n) is 3.31. The molecular weight excluding hydrogens is 296 g/mol. The van der Waals surface area contributed by atoms with Gasteiger partial charge in [-0.1, -0.05) is 17.7 Å². The first-order valence-corrected chi connectivity index (χ1v) is 8.30. The van der Waals surface area contributed by atoms with Crippen LogP contribution in [0.25, 0.3) is 0 Å². The van der Waals surface area contributed by atoms with Crippen LogP contribution < -0.4 is 5.32 Å². The van der Waals surface area contributed by atoms with Gasteiger partial charge in [0.25, 0.3) is 0 Å². The molecule has 0 aliphatic carbocycles. The van der Waals surface area contributed by atoms with Crippen LogP contribution in [0.4, 0.5) is 4.79 Å². The molecule has 22 heavy (non-hydrogen) atoms. The van der Waals surface area contributed by atoms with Gasteiger partial charge in [0.15, 0.2) is 0 Å². The van der Waals surface area contributed by atoms with Crippen molar-refractivity contribution >= 4 is 17.8 Å². The number of nitrogens with one attached hydrogen (secondary N) is 2. The highest BCUT2D eigenvalue weighted by atomic mass is 32.2. The molecule has 0 radical (unpaired) electrons. The normalized spacial score (nSPS) is 10.5. The number of hydrogen-bond donors (Lipinski definition) is 2. The van der Waals surface area contributed by atoms with E-state index in [1.807, 2.05) is 13.2 Å². The number of urea groups is 1. The SMILES string of the molecule is Cc1ccc(SCCN(C)C(=O)NCCc2cn[nH]c2)cc1. The Morgan fingerprint density at radius 1 is 1.36 bits per heavy atom. The first kappa shape index (κ1) is 16.4. The quantitative estimate of drug-likeness (QED) is 0.772. The van der Waals surface area contributed by atoms with Crippen LogP contribution in [-0.2, 0) is 6.42 Å². The zero-order valence-electron chi connectivity index (χ0n) is 13.0. The molecule has 118 valence electrons. The Hall–Kier alpha value is -1.95. The summed E-state index contributed by atoms with van der Waals surface area (Å²) in [6, 6.07) is 8.41. The number of carbonyl (C=O) groups is 1. The van der Waals surface area contributed by atoms with E-state index < -0.39 is 0 Å². The summed E-state index contributed by atoms with van der Waals surface area (Å²) in [5.41, 5.74) is 2.36. The second kappa shape index (κ2) is 8.48. The third-order valence-corrected chi connectivity index (χ3v) is 4.30. The molecular formula is C16H22N4OS. The summed E-state index contributed by atoms with van der Waals surface area (Å²) in [5.74, 6) is 0.884. The average molecular weight is 318 g/mol. The maximum atomic E-state index is 11.9. The Morgan fingerprint density at radius 3 is 2.82 bits per heavy atom. The number of aromatic amines is 1. The lowest BCUT2D eigenvalue weighted by Gasteiger charge is -2.17. The van der Waals surface area contributed by atoms with Crippen LogP contribution in [0, 0.1) is 6.92 Å². The summed E-state index contributed by atoms with van der Waals surface area (Å²) in [5, 5.41) is 9.55. The van der Waals surface area contributed by atoms with E-state index in [1.165, 1.54) is 10.5 Å². The summed E-state index contributed by atoms with van der Waals surface area (Å²) < 4.78 is 0. The van der Waals surface area contributed by atoms with Crippen LogP contribution in [0.15, 0.2) is 41.6 Å². The number of aromatic nitrogens is 2. The van der Waals surface area contributed by atoms with E-state index in [4.69, 9.17) is 0 Å². The van der Waals surface area contributed by atoms with Gasteiger partial charge in [-0.3, -0.25) is 5.10 Å². The Balaban J connectivity index is 1.62. The summed E-state index contributed by atoms with van der Waals surface area (Å²) in [6.07, 6.45) is 4.40. The number of aryl methyl sites for hydroxylation is 1. The highest BCUT2D eigenvalue weighted by molar-refractivity contribution is 7.99. The molecule has 0 unspecified atom stereocenters. The van der Waals surface area contributed by atoms with Crippen LogP contribution in [0.2, 0.25) is 0 Å². The van der Waals surface area contributed by atoms with Crippen molar-refractivity contribution in [1.82, 2.24) is 20.4 Å². The molecule has 0 spiro atoms. The summed E-state index contributed by atoms with van der Waals surface area (Å²) in [4.78, 5) is 14.9. The van der Waals surface area contributed by atoms with Gasteiger partial charge in [0.1, 0.15) is 0 Å². The van der Waals surface area contributed by atoms with Crippen molar-refractivity contribution in [3.8, 4) is 0 Å². The predicted octanol–water partition coefficient (Wildman–Crippen LogP) is 2.69. The van der Waals surface area contributed by atoms with Crippen molar-refractivity contribution in [2.75, 3.05) is 25.9 Å². The predicted molar refractivity (Wildman–Crippen MR) is 90.2 cm³/mol. The van der Waals surface area contributed by atoms with E-state index in [2.05, 4.69) is 46.7 Å². The van der Waals surface area contributed by atoms with Crippen molar-refractivity contribution in [3.63, 3.8) is 0 Å². The van der Waals surface area contributed by atoms with Crippen LogP contribution >= 0.6 is 11.8 Å². The second-order valence-electron chi connectivity index (χ2n) is 5.17. The molecule has 0 bridgehead atoms. The zero-order valence-corrected chi connectivity index (χ0v) is 13.8. The highest BCUT2D eigenvalue weighted by Gasteiger charge is 2.07. The molecule has 1 aromatic carbocycles. The number of nitrogens with zero attached hydrogens (tertiary/aromatic N) is 2. The molecule has 0 fully saturated rings. The van der Waals surface area contributed by atoms with Crippen LogP contribution in [0.1, 0.15) is 11.1 Å². The largest absolute Gasteiger partial charge is 0.338 e. The standard InChI is InChI=1S/C16H22N4OS/c1-13-3-5-15(6-4-13)22-10-9-20(2)16(21)17-8-7-14-11-18-19-12-14/h3-6,11-12H,7-10H2,1-2H3,(H,17,21)(H,18,19). The summed E-state index contributed by atoms with van der Waals surface area (Å²) in [6.45, 7) is 3.42. The van der Waals surface area contributed by atoms with Gasteiger partial charge in [0.2, 0.25) is 0 Å². The maximum absolute atomic E-state index is 11.9. The van der Waals surface area contributed by atoms with Gasteiger partial charge in [-0.05, 0) is 31.0 Å². The van der Waals surface area contributed by atoms with Crippen molar-refractivity contribution in [2.45, 2.75) is 18.2 Å². The Kier molecular flexibility index (Phi) is 6.33. The van der Waals surface area contributed by atoms with Gasteiger partial charge in [0.05, 0.1) is 6.20 Å². The van der Waals surface area contributed by atoms with Crippen molar-refractivity contribution in [2.24, 2.45) is 0 Å². The number of rotatable bonds is 7. The minimum absolute atomic E-state index is 0.0343. The third kappa shape index (κ3) is 5.44. The fraction of sp³-hybridized carbons (Fsp3) is 0.375. The molecule has 0 aliphatic heterocycles. The van der Waals surface area contributed by atoms with Crippen LogP contribution in [0.5, 0.6) is 0 Å². The molecule has 1 heterocycles. The number of hydrogen-bond acceptors (Lipinski definition) is 3. The Morgan fingerprint density at radius 2 is 2.14 bits per heavy atom. The van der Waals surface area contributed by atoms with Gasteiger partial charge in [-0.25, -0.2) is 4.79 Å². The van der Waals surface area contributed by atoms with Crippen LogP contribution in [-0.4, -0.2) is 47.0 Å². The fourth-order valence-electron chi connectivity index (χ4n) is 1.90. The molecule has 0 aliphatic rings. The van der Waals surface area contributed by atoms with E-state index in [9.17, 15) is 4.79 Å². The van der Waals surface area contributed by atoms with E-state index >= 15 is 0 Å². The maximum Gasteiger partial charge on any atom is 0.317 e. The number of thioether (sulfide) groups is 1. The van der Waals surface area contributed by atoms with Crippen LogP contribution in [0.3, 0.4) is 0 Å². The summed E-state index contributed by atoms with van der Waals surface area (Å²) >= 11 is 1.76. The van der Waals surface area contributed by atoms with Gasteiger partial charge >= 0.3 is 6.03 Å². The minimum atomic E-state index is -0.0343. The van der Waals surface area contributed by atoms with E-state index in [0.717, 1.165) is 24.3 Å². The van der Waals surface area contributed by atoms with Crippen molar-refractivity contribution in [1.29, 1.82) is 0 Å². The minimum Gasteiger partial charge on any atom is -0.338 e. The molecule has 0 atom stereocenters.